The molecule has 4 nitrogen and oxygen atoms in total. The molecule has 0 radical (unpaired) electrons. The summed E-state index contributed by atoms with van der Waals surface area (Å²) in [6.45, 7) is 4.14. The van der Waals surface area contributed by atoms with Crippen molar-refractivity contribution in [1.82, 2.24) is 10.6 Å². The van der Waals surface area contributed by atoms with Gasteiger partial charge in [0, 0.05) is 12.0 Å². The first kappa shape index (κ1) is 15.8. The zero-order valence-corrected chi connectivity index (χ0v) is 13.0. The molecule has 2 rings (SSSR count). The molecular weight excluding hydrogens is 264 g/mol. The van der Waals surface area contributed by atoms with Gasteiger partial charge in [-0.1, -0.05) is 25.1 Å². The van der Waals surface area contributed by atoms with Gasteiger partial charge in [0.2, 0.25) is 5.91 Å². The number of hydrogen-bond donors (Lipinski definition) is 2. The fourth-order valence-corrected chi connectivity index (χ4v) is 2.96. The summed E-state index contributed by atoms with van der Waals surface area (Å²) in [5.41, 5.74) is 1.06. The van der Waals surface area contributed by atoms with Gasteiger partial charge in [-0.25, -0.2) is 0 Å². The van der Waals surface area contributed by atoms with E-state index >= 15 is 0 Å². The number of carbonyl (C=O) groups excluding carboxylic acids is 1. The van der Waals surface area contributed by atoms with E-state index in [0.29, 0.717) is 12.3 Å². The van der Waals surface area contributed by atoms with E-state index < -0.39 is 0 Å². The van der Waals surface area contributed by atoms with E-state index in [2.05, 4.69) is 17.6 Å². The van der Waals surface area contributed by atoms with Crippen LogP contribution in [0.15, 0.2) is 24.3 Å². The number of ether oxygens (including phenoxy) is 1. The lowest BCUT2D eigenvalue weighted by atomic mass is 9.94. The van der Waals surface area contributed by atoms with E-state index in [4.69, 9.17) is 4.74 Å². The average Bonchev–Trinajstić information content (AvgIpc) is 2.53. The largest absolute Gasteiger partial charge is 0.496 e. The maximum atomic E-state index is 12.3. The molecule has 4 heteroatoms. The van der Waals surface area contributed by atoms with Crippen LogP contribution >= 0.6 is 0 Å². The Kier molecular flexibility index (Phi) is 6.05. The van der Waals surface area contributed by atoms with Crippen molar-refractivity contribution in [2.75, 3.05) is 20.2 Å². The van der Waals surface area contributed by atoms with Crippen LogP contribution in [0.3, 0.4) is 0 Å². The van der Waals surface area contributed by atoms with Crippen molar-refractivity contribution < 1.29 is 9.53 Å². The second-order valence-electron chi connectivity index (χ2n) is 5.67. The molecule has 1 aliphatic heterocycles. The molecule has 1 heterocycles. The van der Waals surface area contributed by atoms with E-state index in [9.17, 15) is 4.79 Å². The molecule has 1 aromatic carbocycles. The quantitative estimate of drug-likeness (QED) is 0.847. The third kappa shape index (κ3) is 4.46. The summed E-state index contributed by atoms with van der Waals surface area (Å²) in [5.74, 6) is 1.51. The molecule has 2 N–H and O–H groups in total. The first-order chi connectivity index (χ1) is 10.2. The van der Waals surface area contributed by atoms with Crippen LogP contribution in [-0.2, 0) is 4.79 Å². The normalized spacial score (nSPS) is 17.2. The number of benzene rings is 1. The van der Waals surface area contributed by atoms with Gasteiger partial charge < -0.3 is 15.4 Å². The molecule has 1 amide bonds. The molecule has 0 aliphatic carbocycles. The third-order valence-corrected chi connectivity index (χ3v) is 4.19. The van der Waals surface area contributed by atoms with Crippen LogP contribution in [0.2, 0.25) is 0 Å². The lowest BCUT2D eigenvalue weighted by molar-refractivity contribution is -0.123. The van der Waals surface area contributed by atoms with E-state index in [1.54, 1.807) is 7.11 Å². The van der Waals surface area contributed by atoms with E-state index in [1.165, 1.54) is 0 Å². The number of piperidine rings is 1. The molecule has 0 bridgehead atoms. The molecule has 0 saturated carbocycles. The fourth-order valence-electron chi connectivity index (χ4n) is 2.96. The minimum Gasteiger partial charge on any atom is -0.496 e. The third-order valence-electron chi connectivity index (χ3n) is 4.19. The van der Waals surface area contributed by atoms with E-state index in [0.717, 1.165) is 43.7 Å². The van der Waals surface area contributed by atoms with Gasteiger partial charge in [0.15, 0.2) is 0 Å². The van der Waals surface area contributed by atoms with Crippen LogP contribution in [0.5, 0.6) is 5.75 Å². The highest BCUT2D eigenvalue weighted by Crippen LogP contribution is 2.27. The lowest BCUT2D eigenvalue weighted by Crippen LogP contribution is -2.33. The number of amides is 1. The highest BCUT2D eigenvalue weighted by Gasteiger charge is 2.20. The van der Waals surface area contributed by atoms with Gasteiger partial charge in [-0.3, -0.25) is 4.79 Å². The summed E-state index contributed by atoms with van der Waals surface area (Å²) in [7, 11) is 1.67. The predicted molar refractivity (Wildman–Crippen MR) is 84.4 cm³/mol. The molecule has 1 atom stereocenters. The molecule has 21 heavy (non-hydrogen) atoms. The number of methoxy groups -OCH3 is 1. The maximum Gasteiger partial charge on any atom is 0.220 e. The number of rotatable bonds is 6. The number of hydrogen-bond acceptors (Lipinski definition) is 3. The molecule has 1 fully saturated rings. The van der Waals surface area contributed by atoms with E-state index in [1.807, 2.05) is 24.3 Å². The van der Waals surface area contributed by atoms with Gasteiger partial charge in [-0.05, 0) is 44.3 Å². The van der Waals surface area contributed by atoms with Crippen molar-refractivity contribution in [2.45, 2.75) is 38.6 Å². The van der Waals surface area contributed by atoms with Crippen LogP contribution in [-0.4, -0.2) is 26.1 Å². The Morgan fingerprint density at radius 2 is 2.10 bits per heavy atom. The zero-order chi connectivity index (χ0) is 15.1. The minimum atomic E-state index is 0.0235. The van der Waals surface area contributed by atoms with Gasteiger partial charge in [-0.2, -0.15) is 0 Å². The Bertz CT molecular complexity index is 456. The van der Waals surface area contributed by atoms with Crippen molar-refractivity contribution in [3.63, 3.8) is 0 Å². The van der Waals surface area contributed by atoms with Gasteiger partial charge >= 0.3 is 0 Å². The fraction of sp³-hybridized carbons (Fsp3) is 0.588. The first-order valence-electron chi connectivity index (χ1n) is 7.87. The van der Waals surface area contributed by atoms with Gasteiger partial charge in [0.25, 0.3) is 0 Å². The smallest absolute Gasteiger partial charge is 0.220 e. The average molecular weight is 290 g/mol. The van der Waals surface area contributed by atoms with Crippen molar-refractivity contribution in [2.24, 2.45) is 5.92 Å². The molecular formula is C17H26N2O2. The maximum absolute atomic E-state index is 12.3. The second kappa shape index (κ2) is 8.03. The molecule has 1 saturated heterocycles. The second-order valence-corrected chi connectivity index (χ2v) is 5.67. The highest BCUT2D eigenvalue weighted by molar-refractivity contribution is 5.76. The van der Waals surface area contributed by atoms with Crippen molar-refractivity contribution in [1.29, 1.82) is 0 Å². The number of para-hydroxylation sites is 1. The van der Waals surface area contributed by atoms with Crippen molar-refractivity contribution >= 4 is 5.91 Å². The van der Waals surface area contributed by atoms with Crippen LogP contribution in [0, 0.1) is 5.92 Å². The van der Waals surface area contributed by atoms with Gasteiger partial charge in [0.1, 0.15) is 5.75 Å². The summed E-state index contributed by atoms with van der Waals surface area (Å²) in [6, 6.07) is 7.93. The Morgan fingerprint density at radius 1 is 1.38 bits per heavy atom. The highest BCUT2D eigenvalue weighted by atomic mass is 16.5. The summed E-state index contributed by atoms with van der Waals surface area (Å²) >= 11 is 0. The Balaban J connectivity index is 1.96. The topological polar surface area (TPSA) is 50.4 Å². The summed E-state index contributed by atoms with van der Waals surface area (Å²) in [5, 5.41) is 6.50. The Labute approximate surface area is 127 Å². The first-order valence-corrected chi connectivity index (χ1v) is 7.87. The summed E-state index contributed by atoms with van der Waals surface area (Å²) in [4.78, 5) is 12.3. The molecule has 0 spiro atoms. The number of carbonyl (C=O) groups is 1. The molecule has 1 aliphatic rings. The van der Waals surface area contributed by atoms with Gasteiger partial charge in [0.05, 0.1) is 13.2 Å². The summed E-state index contributed by atoms with van der Waals surface area (Å²) < 4.78 is 5.40. The predicted octanol–water partition coefficient (Wildman–Crippen LogP) is 2.65. The molecule has 1 unspecified atom stereocenters. The molecule has 116 valence electrons. The van der Waals surface area contributed by atoms with Crippen molar-refractivity contribution in [3.8, 4) is 5.75 Å². The molecule has 1 aromatic rings. The lowest BCUT2D eigenvalue weighted by Gasteiger charge is -2.24. The minimum absolute atomic E-state index is 0.0235. The van der Waals surface area contributed by atoms with E-state index in [-0.39, 0.29) is 11.9 Å². The Hall–Kier alpha value is -1.55. The van der Waals surface area contributed by atoms with Crippen LogP contribution in [0.1, 0.15) is 44.2 Å². The standard InChI is InChI=1S/C17H26N2O2/c1-3-15(14-6-4-5-7-16(14)21-2)19-17(20)12-13-8-10-18-11-9-13/h4-7,13,15,18H,3,8-12H2,1-2H3,(H,19,20). The monoisotopic (exact) mass is 290 g/mol. The van der Waals surface area contributed by atoms with Gasteiger partial charge in [-0.15, -0.1) is 0 Å². The van der Waals surface area contributed by atoms with Crippen molar-refractivity contribution in [3.05, 3.63) is 29.8 Å². The van der Waals surface area contributed by atoms with Crippen LogP contribution in [0.25, 0.3) is 0 Å². The van der Waals surface area contributed by atoms with Crippen LogP contribution in [0.4, 0.5) is 0 Å². The zero-order valence-electron chi connectivity index (χ0n) is 13.0. The SMILES string of the molecule is CCC(NC(=O)CC1CCNCC1)c1ccccc1OC. The van der Waals surface area contributed by atoms with Crippen LogP contribution < -0.4 is 15.4 Å². The number of nitrogens with one attached hydrogen (secondary N) is 2. The molecule has 0 aromatic heterocycles. The Morgan fingerprint density at radius 3 is 2.76 bits per heavy atom. The summed E-state index contributed by atoms with van der Waals surface area (Å²) in [6.07, 6.45) is 3.68.